The second-order valence-corrected chi connectivity index (χ2v) is 6.36. The Morgan fingerprint density at radius 3 is 2.61 bits per heavy atom. The summed E-state index contributed by atoms with van der Waals surface area (Å²) >= 11 is 1.57. The number of likely N-dealkylation sites (tertiary alicyclic amines) is 1. The number of thiophene rings is 1. The third kappa shape index (κ3) is 3.87. The predicted molar refractivity (Wildman–Crippen MR) is 93.6 cm³/mol. The molecule has 1 aliphatic rings. The average Bonchev–Trinajstić information content (AvgIpc) is 3.26. The quantitative estimate of drug-likeness (QED) is 0.872. The van der Waals surface area contributed by atoms with Gasteiger partial charge >= 0.3 is 0 Å². The van der Waals surface area contributed by atoms with Crippen molar-refractivity contribution in [1.29, 1.82) is 0 Å². The van der Waals surface area contributed by atoms with E-state index in [2.05, 4.69) is 5.32 Å². The topological polar surface area (TPSA) is 49.4 Å². The number of hydrogen-bond donors (Lipinski definition) is 1. The molecule has 0 bridgehead atoms. The summed E-state index contributed by atoms with van der Waals surface area (Å²) in [7, 11) is 0. The summed E-state index contributed by atoms with van der Waals surface area (Å²) in [6.07, 6.45) is 5.35. The van der Waals surface area contributed by atoms with E-state index >= 15 is 0 Å². The number of anilines is 1. The number of para-hydroxylation sites is 1. The van der Waals surface area contributed by atoms with Gasteiger partial charge in [-0.3, -0.25) is 9.59 Å². The minimum Gasteiger partial charge on any atom is -0.339 e. The first-order chi connectivity index (χ1) is 11.2. The zero-order valence-electron chi connectivity index (χ0n) is 12.7. The molecular weight excluding hydrogens is 308 g/mol. The van der Waals surface area contributed by atoms with Crippen LogP contribution in [0.3, 0.4) is 0 Å². The molecule has 0 atom stereocenters. The van der Waals surface area contributed by atoms with Crippen molar-refractivity contribution in [1.82, 2.24) is 4.90 Å². The van der Waals surface area contributed by atoms with Gasteiger partial charge in [0.2, 0.25) is 5.91 Å². The first-order valence-corrected chi connectivity index (χ1v) is 8.53. The molecule has 1 aromatic heterocycles. The molecule has 0 saturated carbocycles. The molecule has 0 spiro atoms. The SMILES string of the molecule is O=C(C=Cc1cccs1)Nc1ccccc1C(=O)N1CCCC1. The van der Waals surface area contributed by atoms with Crippen molar-refractivity contribution in [3.8, 4) is 0 Å². The van der Waals surface area contributed by atoms with Gasteiger partial charge in [-0.05, 0) is 42.5 Å². The van der Waals surface area contributed by atoms with Crippen molar-refractivity contribution in [2.24, 2.45) is 0 Å². The molecule has 2 aromatic rings. The zero-order chi connectivity index (χ0) is 16.1. The molecule has 4 nitrogen and oxygen atoms in total. The third-order valence-corrected chi connectivity index (χ3v) is 4.59. The smallest absolute Gasteiger partial charge is 0.255 e. The van der Waals surface area contributed by atoms with Crippen LogP contribution in [0.2, 0.25) is 0 Å². The minimum atomic E-state index is -0.236. The minimum absolute atomic E-state index is 0.0133. The number of nitrogens with one attached hydrogen (secondary N) is 1. The van der Waals surface area contributed by atoms with E-state index in [1.54, 1.807) is 29.5 Å². The monoisotopic (exact) mass is 326 g/mol. The highest BCUT2D eigenvalue weighted by atomic mass is 32.1. The molecule has 2 heterocycles. The number of benzene rings is 1. The van der Waals surface area contributed by atoms with Gasteiger partial charge in [-0.1, -0.05) is 18.2 Å². The summed E-state index contributed by atoms with van der Waals surface area (Å²) in [5.41, 5.74) is 1.11. The van der Waals surface area contributed by atoms with Crippen LogP contribution in [0.4, 0.5) is 5.69 Å². The van der Waals surface area contributed by atoms with Crippen LogP contribution in [0.25, 0.3) is 6.08 Å². The van der Waals surface area contributed by atoms with E-state index in [0.717, 1.165) is 30.8 Å². The zero-order valence-corrected chi connectivity index (χ0v) is 13.5. The number of amides is 2. The molecule has 1 N–H and O–H groups in total. The Labute approximate surface area is 139 Å². The lowest BCUT2D eigenvalue weighted by molar-refractivity contribution is -0.111. The molecule has 3 rings (SSSR count). The second kappa shape index (κ2) is 7.24. The highest BCUT2D eigenvalue weighted by Gasteiger charge is 2.21. The summed E-state index contributed by atoms with van der Waals surface area (Å²) in [5, 5.41) is 4.77. The maximum absolute atomic E-state index is 12.6. The van der Waals surface area contributed by atoms with Gasteiger partial charge in [0, 0.05) is 24.0 Å². The Balaban J connectivity index is 1.72. The molecule has 1 saturated heterocycles. The Morgan fingerprint density at radius 1 is 1.09 bits per heavy atom. The van der Waals surface area contributed by atoms with Crippen LogP contribution in [0.5, 0.6) is 0 Å². The van der Waals surface area contributed by atoms with E-state index < -0.39 is 0 Å². The van der Waals surface area contributed by atoms with Crippen LogP contribution in [-0.4, -0.2) is 29.8 Å². The lowest BCUT2D eigenvalue weighted by Gasteiger charge is -2.17. The van der Waals surface area contributed by atoms with Gasteiger partial charge in [0.25, 0.3) is 5.91 Å². The van der Waals surface area contributed by atoms with Crippen molar-refractivity contribution < 1.29 is 9.59 Å². The summed E-state index contributed by atoms with van der Waals surface area (Å²) < 4.78 is 0. The number of rotatable bonds is 4. The van der Waals surface area contributed by atoms with E-state index in [0.29, 0.717) is 11.3 Å². The maximum Gasteiger partial charge on any atom is 0.255 e. The highest BCUT2D eigenvalue weighted by Crippen LogP contribution is 2.20. The Morgan fingerprint density at radius 2 is 1.87 bits per heavy atom. The van der Waals surface area contributed by atoms with Gasteiger partial charge in [-0.2, -0.15) is 0 Å². The fraction of sp³-hybridized carbons (Fsp3) is 0.222. The van der Waals surface area contributed by atoms with Crippen LogP contribution in [0, 0.1) is 0 Å². The van der Waals surface area contributed by atoms with Crippen LogP contribution in [0.15, 0.2) is 47.9 Å². The lowest BCUT2D eigenvalue weighted by atomic mass is 10.1. The summed E-state index contributed by atoms with van der Waals surface area (Å²) in [5.74, 6) is -0.249. The van der Waals surface area contributed by atoms with E-state index in [4.69, 9.17) is 0 Å². The van der Waals surface area contributed by atoms with Crippen molar-refractivity contribution >= 4 is 34.9 Å². The first kappa shape index (κ1) is 15.5. The largest absolute Gasteiger partial charge is 0.339 e. The fourth-order valence-corrected chi connectivity index (χ4v) is 3.21. The Hall–Kier alpha value is -2.40. The van der Waals surface area contributed by atoms with Crippen LogP contribution < -0.4 is 5.32 Å². The maximum atomic E-state index is 12.6. The average molecular weight is 326 g/mol. The van der Waals surface area contributed by atoms with Gasteiger partial charge in [-0.25, -0.2) is 0 Å². The lowest BCUT2D eigenvalue weighted by Crippen LogP contribution is -2.28. The Bertz CT molecular complexity index is 716. The van der Waals surface area contributed by atoms with Gasteiger partial charge in [0.05, 0.1) is 11.3 Å². The molecule has 118 valence electrons. The Kier molecular flexibility index (Phi) is 4.88. The predicted octanol–water partition coefficient (Wildman–Crippen LogP) is 3.64. The second-order valence-electron chi connectivity index (χ2n) is 5.38. The van der Waals surface area contributed by atoms with E-state index in [1.807, 2.05) is 34.5 Å². The molecule has 0 radical (unpaired) electrons. The van der Waals surface area contributed by atoms with Gasteiger partial charge in [0.15, 0.2) is 0 Å². The third-order valence-electron chi connectivity index (χ3n) is 3.75. The van der Waals surface area contributed by atoms with E-state index in [-0.39, 0.29) is 11.8 Å². The van der Waals surface area contributed by atoms with Crippen molar-refractivity contribution in [2.45, 2.75) is 12.8 Å². The van der Waals surface area contributed by atoms with E-state index in [9.17, 15) is 9.59 Å². The summed E-state index contributed by atoms with van der Waals surface area (Å²) in [6.45, 7) is 1.58. The molecule has 1 aromatic carbocycles. The number of carbonyl (C=O) groups is 2. The highest BCUT2D eigenvalue weighted by molar-refractivity contribution is 7.10. The molecular formula is C18H18N2O2S. The molecule has 23 heavy (non-hydrogen) atoms. The normalized spacial score (nSPS) is 14.3. The molecule has 2 amide bonds. The van der Waals surface area contributed by atoms with Crippen LogP contribution in [0.1, 0.15) is 28.1 Å². The summed E-state index contributed by atoms with van der Waals surface area (Å²) in [4.78, 5) is 27.5. The molecule has 1 aliphatic heterocycles. The van der Waals surface area contributed by atoms with Crippen LogP contribution in [-0.2, 0) is 4.79 Å². The summed E-state index contributed by atoms with van der Waals surface area (Å²) in [6, 6.07) is 11.0. The first-order valence-electron chi connectivity index (χ1n) is 7.65. The van der Waals surface area contributed by atoms with Crippen molar-refractivity contribution in [3.05, 3.63) is 58.3 Å². The number of carbonyl (C=O) groups excluding carboxylic acids is 2. The van der Waals surface area contributed by atoms with Crippen molar-refractivity contribution in [2.75, 3.05) is 18.4 Å². The fourth-order valence-electron chi connectivity index (χ4n) is 2.59. The molecule has 5 heteroatoms. The molecule has 0 aliphatic carbocycles. The van der Waals surface area contributed by atoms with E-state index in [1.165, 1.54) is 6.08 Å². The number of nitrogens with zero attached hydrogens (tertiary/aromatic N) is 1. The molecule has 0 unspecified atom stereocenters. The standard InChI is InChI=1S/C18H18N2O2S/c21-17(10-9-14-6-5-13-23-14)19-16-8-2-1-7-15(16)18(22)20-11-3-4-12-20/h1-2,5-10,13H,3-4,11-12H2,(H,19,21). The number of hydrogen-bond acceptors (Lipinski definition) is 3. The van der Waals surface area contributed by atoms with Gasteiger partial charge in [0.1, 0.15) is 0 Å². The van der Waals surface area contributed by atoms with Crippen LogP contribution >= 0.6 is 11.3 Å². The van der Waals surface area contributed by atoms with Gasteiger partial charge < -0.3 is 10.2 Å². The van der Waals surface area contributed by atoms with Crippen molar-refractivity contribution in [3.63, 3.8) is 0 Å². The van der Waals surface area contributed by atoms with Gasteiger partial charge in [-0.15, -0.1) is 11.3 Å². The molecule has 1 fully saturated rings.